The summed E-state index contributed by atoms with van der Waals surface area (Å²) < 4.78 is 9.59. The number of rotatable bonds is 6. The smallest absolute Gasteiger partial charge is 0.339 e. The Morgan fingerprint density at radius 2 is 1.61 bits per heavy atom. The van der Waals surface area contributed by atoms with Crippen LogP contribution in [0.5, 0.6) is 0 Å². The Labute approximate surface area is 160 Å². The molecule has 0 spiro atoms. The summed E-state index contributed by atoms with van der Waals surface area (Å²) in [6, 6.07) is 10.1. The number of carbonyl (C=O) groups is 3. The third-order valence-electron chi connectivity index (χ3n) is 3.76. The number of methoxy groups -OCH3 is 1. The molecule has 0 aliphatic rings. The number of nitro benzene ring substituents is 1. The van der Waals surface area contributed by atoms with E-state index >= 15 is 0 Å². The van der Waals surface area contributed by atoms with Crippen molar-refractivity contribution in [1.82, 2.24) is 0 Å². The third kappa shape index (κ3) is 5.13. The van der Waals surface area contributed by atoms with Gasteiger partial charge in [0, 0.05) is 17.8 Å². The van der Waals surface area contributed by atoms with E-state index in [0.717, 1.165) is 30.9 Å². The number of nitrogens with one attached hydrogen (secondary N) is 1. The molecule has 2 rings (SSSR count). The second-order valence-electron chi connectivity index (χ2n) is 5.92. The first-order valence-electron chi connectivity index (χ1n) is 8.17. The number of amides is 1. The SMILES string of the molecule is COC(=O)c1cc(C(=O)O[C@H](C)C(=O)Nc2ccc(C)cc2)cc([N+](=O)[O-])c1. The lowest BCUT2D eigenvalue weighted by molar-refractivity contribution is -0.384. The molecule has 0 radical (unpaired) electrons. The number of esters is 2. The summed E-state index contributed by atoms with van der Waals surface area (Å²) in [7, 11) is 1.11. The van der Waals surface area contributed by atoms with Gasteiger partial charge in [-0.25, -0.2) is 9.59 Å². The van der Waals surface area contributed by atoms with Gasteiger partial charge in [0.05, 0.1) is 23.2 Å². The van der Waals surface area contributed by atoms with E-state index in [1.807, 2.05) is 19.1 Å². The van der Waals surface area contributed by atoms with Gasteiger partial charge in [-0.05, 0) is 32.0 Å². The van der Waals surface area contributed by atoms with Crippen LogP contribution in [0.3, 0.4) is 0 Å². The molecule has 2 aromatic carbocycles. The summed E-state index contributed by atoms with van der Waals surface area (Å²) >= 11 is 0. The largest absolute Gasteiger partial charge is 0.465 e. The topological polar surface area (TPSA) is 125 Å². The second kappa shape index (κ2) is 8.76. The number of nitro groups is 1. The van der Waals surface area contributed by atoms with Gasteiger partial charge in [0.25, 0.3) is 11.6 Å². The molecule has 0 heterocycles. The molecule has 146 valence electrons. The zero-order valence-electron chi connectivity index (χ0n) is 15.4. The average Bonchev–Trinajstić information content (AvgIpc) is 2.68. The van der Waals surface area contributed by atoms with Gasteiger partial charge in [-0.1, -0.05) is 17.7 Å². The van der Waals surface area contributed by atoms with E-state index in [1.54, 1.807) is 12.1 Å². The Morgan fingerprint density at radius 3 is 2.14 bits per heavy atom. The fraction of sp³-hybridized carbons (Fsp3) is 0.211. The Bertz CT molecular complexity index is 922. The lowest BCUT2D eigenvalue weighted by Crippen LogP contribution is -2.30. The summed E-state index contributed by atoms with van der Waals surface area (Å²) in [5.41, 5.74) is 0.642. The van der Waals surface area contributed by atoms with Gasteiger partial charge in [-0.2, -0.15) is 0 Å². The van der Waals surface area contributed by atoms with Crippen LogP contribution in [0.4, 0.5) is 11.4 Å². The predicted octanol–water partition coefficient (Wildman–Crippen LogP) is 2.87. The van der Waals surface area contributed by atoms with E-state index in [9.17, 15) is 24.5 Å². The van der Waals surface area contributed by atoms with Gasteiger partial charge in [0.15, 0.2) is 6.10 Å². The maximum absolute atomic E-state index is 12.3. The van der Waals surface area contributed by atoms with Crippen LogP contribution < -0.4 is 5.32 Å². The molecule has 0 saturated heterocycles. The Kier molecular flexibility index (Phi) is 6.43. The lowest BCUT2D eigenvalue weighted by Gasteiger charge is -2.14. The summed E-state index contributed by atoms with van der Waals surface area (Å²) in [5.74, 6) is -2.40. The highest BCUT2D eigenvalue weighted by Gasteiger charge is 2.23. The number of ether oxygens (including phenoxy) is 2. The average molecular weight is 386 g/mol. The van der Waals surface area contributed by atoms with Gasteiger partial charge in [-0.3, -0.25) is 14.9 Å². The van der Waals surface area contributed by atoms with Gasteiger partial charge >= 0.3 is 11.9 Å². The standard InChI is InChI=1S/C19H18N2O7/c1-11-4-6-15(7-5-11)20-17(22)12(2)28-19(24)14-8-13(18(23)27-3)9-16(10-14)21(25)26/h4-10,12H,1-3H3,(H,20,22)/t12-/m1/s1. The van der Waals surface area contributed by atoms with E-state index in [1.165, 1.54) is 6.92 Å². The number of carbonyl (C=O) groups excluding carboxylic acids is 3. The first-order chi connectivity index (χ1) is 13.2. The van der Waals surface area contributed by atoms with Crippen molar-refractivity contribution in [3.05, 3.63) is 69.3 Å². The van der Waals surface area contributed by atoms with Crippen molar-refractivity contribution in [2.45, 2.75) is 20.0 Å². The minimum absolute atomic E-state index is 0.180. The highest BCUT2D eigenvalue weighted by molar-refractivity contribution is 5.99. The molecule has 0 aliphatic carbocycles. The normalized spacial score (nSPS) is 11.2. The number of hydrogen-bond acceptors (Lipinski definition) is 7. The molecule has 1 atom stereocenters. The predicted molar refractivity (Wildman–Crippen MR) is 99.1 cm³/mol. The monoisotopic (exact) mass is 386 g/mol. The fourth-order valence-electron chi connectivity index (χ4n) is 2.23. The van der Waals surface area contributed by atoms with E-state index in [2.05, 4.69) is 10.1 Å². The Morgan fingerprint density at radius 1 is 1.04 bits per heavy atom. The summed E-state index contributed by atoms with van der Waals surface area (Å²) in [5, 5.41) is 13.6. The summed E-state index contributed by atoms with van der Waals surface area (Å²) in [6.45, 7) is 3.26. The molecule has 0 aliphatic heterocycles. The van der Waals surface area contributed by atoms with Gasteiger partial charge in [-0.15, -0.1) is 0 Å². The van der Waals surface area contributed by atoms with E-state index in [-0.39, 0.29) is 11.1 Å². The molecule has 1 amide bonds. The van der Waals surface area contributed by atoms with Crippen LogP contribution in [-0.2, 0) is 14.3 Å². The van der Waals surface area contributed by atoms with Crippen LogP contribution in [0.15, 0.2) is 42.5 Å². The van der Waals surface area contributed by atoms with Crippen molar-refractivity contribution >= 4 is 29.2 Å². The molecule has 0 saturated carbocycles. The number of benzene rings is 2. The minimum Gasteiger partial charge on any atom is -0.465 e. The van der Waals surface area contributed by atoms with Crippen molar-refractivity contribution in [2.24, 2.45) is 0 Å². The van der Waals surface area contributed by atoms with E-state index in [4.69, 9.17) is 4.74 Å². The van der Waals surface area contributed by atoms with Crippen molar-refractivity contribution < 1.29 is 28.8 Å². The molecular formula is C19H18N2O7. The molecule has 28 heavy (non-hydrogen) atoms. The molecule has 9 nitrogen and oxygen atoms in total. The van der Waals surface area contributed by atoms with Gasteiger partial charge in [0.1, 0.15) is 0 Å². The zero-order valence-corrected chi connectivity index (χ0v) is 15.4. The highest BCUT2D eigenvalue weighted by atomic mass is 16.6. The lowest BCUT2D eigenvalue weighted by atomic mass is 10.1. The number of non-ortho nitro benzene ring substituents is 1. The Hall–Kier alpha value is -3.75. The third-order valence-corrected chi connectivity index (χ3v) is 3.76. The van der Waals surface area contributed by atoms with E-state index < -0.39 is 34.6 Å². The van der Waals surface area contributed by atoms with E-state index in [0.29, 0.717) is 5.69 Å². The zero-order chi connectivity index (χ0) is 20.8. The molecule has 0 aromatic heterocycles. The van der Waals surface area contributed by atoms with Crippen LogP contribution in [-0.4, -0.2) is 36.0 Å². The number of anilines is 1. The molecule has 0 unspecified atom stereocenters. The van der Waals surface area contributed by atoms with Crippen molar-refractivity contribution in [3.8, 4) is 0 Å². The molecule has 2 aromatic rings. The van der Waals surface area contributed by atoms with Crippen LogP contribution >= 0.6 is 0 Å². The first-order valence-corrected chi connectivity index (χ1v) is 8.17. The maximum atomic E-state index is 12.3. The number of hydrogen-bond donors (Lipinski definition) is 1. The molecule has 0 fully saturated rings. The molecular weight excluding hydrogens is 368 g/mol. The quantitative estimate of drug-likeness (QED) is 0.460. The molecule has 1 N–H and O–H groups in total. The summed E-state index contributed by atoms with van der Waals surface area (Å²) in [6.07, 6.45) is -1.17. The molecule has 0 bridgehead atoms. The van der Waals surface area contributed by atoms with Crippen molar-refractivity contribution in [1.29, 1.82) is 0 Å². The first kappa shape index (κ1) is 20.6. The van der Waals surface area contributed by atoms with Gasteiger partial charge < -0.3 is 14.8 Å². The van der Waals surface area contributed by atoms with Crippen LogP contribution in [0.1, 0.15) is 33.2 Å². The highest BCUT2D eigenvalue weighted by Crippen LogP contribution is 2.19. The number of aryl methyl sites for hydroxylation is 1. The number of nitrogens with zero attached hydrogens (tertiary/aromatic N) is 1. The van der Waals surface area contributed by atoms with Crippen molar-refractivity contribution in [3.63, 3.8) is 0 Å². The van der Waals surface area contributed by atoms with Crippen LogP contribution in [0, 0.1) is 17.0 Å². The molecule has 9 heteroatoms. The van der Waals surface area contributed by atoms with Crippen molar-refractivity contribution in [2.75, 3.05) is 12.4 Å². The fourth-order valence-corrected chi connectivity index (χ4v) is 2.23. The van der Waals surface area contributed by atoms with Crippen LogP contribution in [0.25, 0.3) is 0 Å². The van der Waals surface area contributed by atoms with Crippen LogP contribution in [0.2, 0.25) is 0 Å². The Balaban J connectivity index is 2.15. The minimum atomic E-state index is -1.17. The summed E-state index contributed by atoms with van der Waals surface area (Å²) in [4.78, 5) is 46.4. The maximum Gasteiger partial charge on any atom is 0.339 e. The second-order valence-corrected chi connectivity index (χ2v) is 5.92. The van der Waals surface area contributed by atoms with Gasteiger partial charge in [0.2, 0.25) is 0 Å².